The van der Waals surface area contributed by atoms with Crippen LogP contribution in [0, 0.1) is 11.3 Å². The lowest BCUT2D eigenvalue weighted by atomic mass is 10.3. The van der Waals surface area contributed by atoms with Crippen LogP contribution >= 0.6 is 11.3 Å². The molecular formula is C10H13N3OS. The highest BCUT2D eigenvalue weighted by Crippen LogP contribution is 2.12. The van der Waals surface area contributed by atoms with Gasteiger partial charge >= 0.3 is 0 Å². The molecule has 4 nitrogen and oxygen atoms in total. The van der Waals surface area contributed by atoms with Crippen molar-refractivity contribution in [1.29, 1.82) is 5.26 Å². The summed E-state index contributed by atoms with van der Waals surface area (Å²) in [6, 6.07) is 3.94. The summed E-state index contributed by atoms with van der Waals surface area (Å²) in [6.45, 7) is 1.36. The largest absolute Gasteiger partial charge is 0.359 e. The summed E-state index contributed by atoms with van der Waals surface area (Å²) in [6.07, 6.45) is 0.479. The van der Waals surface area contributed by atoms with Crippen LogP contribution < -0.4 is 10.6 Å². The van der Waals surface area contributed by atoms with Gasteiger partial charge in [0.25, 0.3) is 0 Å². The minimum Gasteiger partial charge on any atom is -0.359 e. The van der Waals surface area contributed by atoms with Crippen molar-refractivity contribution in [2.24, 2.45) is 0 Å². The first kappa shape index (κ1) is 11.7. The molecule has 0 aromatic carbocycles. The van der Waals surface area contributed by atoms with E-state index < -0.39 is 0 Å². The molecule has 15 heavy (non-hydrogen) atoms. The van der Waals surface area contributed by atoms with Gasteiger partial charge in [-0.15, -0.1) is 11.3 Å². The van der Waals surface area contributed by atoms with E-state index in [1.165, 1.54) is 0 Å². The van der Waals surface area contributed by atoms with E-state index in [0.717, 1.165) is 4.88 Å². The van der Waals surface area contributed by atoms with Crippen LogP contribution in [0.1, 0.15) is 16.9 Å². The van der Waals surface area contributed by atoms with E-state index in [0.29, 0.717) is 25.1 Å². The number of amides is 1. The maximum atomic E-state index is 10.9. The van der Waals surface area contributed by atoms with E-state index in [9.17, 15) is 4.79 Å². The second kappa shape index (κ2) is 6.17. The molecule has 0 atom stereocenters. The number of nitriles is 1. The van der Waals surface area contributed by atoms with Crippen molar-refractivity contribution in [3.8, 4) is 6.07 Å². The van der Waals surface area contributed by atoms with Crippen molar-refractivity contribution in [2.45, 2.75) is 13.0 Å². The first-order chi connectivity index (χ1) is 7.26. The van der Waals surface area contributed by atoms with Crippen LogP contribution in [-0.4, -0.2) is 19.5 Å². The molecule has 1 heterocycles. The van der Waals surface area contributed by atoms with Gasteiger partial charge in [0.05, 0.1) is 5.56 Å². The molecule has 1 aromatic rings. The number of nitrogens with zero attached hydrogens (tertiary/aromatic N) is 1. The van der Waals surface area contributed by atoms with Crippen molar-refractivity contribution in [2.75, 3.05) is 13.6 Å². The standard InChI is InChI=1S/C10H13N3OS/c1-12-10(14)2-3-13-6-9-4-8(5-11)7-15-9/h4,7,13H,2-3,6H2,1H3,(H,12,14). The molecule has 0 unspecified atom stereocenters. The molecular weight excluding hydrogens is 210 g/mol. The Morgan fingerprint density at radius 1 is 1.67 bits per heavy atom. The smallest absolute Gasteiger partial charge is 0.221 e. The molecule has 1 amide bonds. The summed E-state index contributed by atoms with van der Waals surface area (Å²) >= 11 is 1.55. The Morgan fingerprint density at radius 2 is 2.47 bits per heavy atom. The third-order valence-electron chi connectivity index (χ3n) is 1.89. The number of hydrogen-bond donors (Lipinski definition) is 2. The molecule has 2 N–H and O–H groups in total. The predicted molar refractivity (Wildman–Crippen MR) is 59.4 cm³/mol. The molecule has 0 fully saturated rings. The van der Waals surface area contributed by atoms with Gasteiger partial charge in [0, 0.05) is 36.8 Å². The zero-order valence-electron chi connectivity index (χ0n) is 8.54. The lowest BCUT2D eigenvalue weighted by Gasteiger charge is -2.01. The molecule has 0 radical (unpaired) electrons. The monoisotopic (exact) mass is 223 g/mol. The molecule has 0 aliphatic heterocycles. The summed E-state index contributed by atoms with van der Waals surface area (Å²) in [4.78, 5) is 12.0. The minimum atomic E-state index is 0.0337. The first-order valence-electron chi connectivity index (χ1n) is 4.65. The summed E-state index contributed by atoms with van der Waals surface area (Å²) in [7, 11) is 1.63. The predicted octanol–water partition coefficient (Wildman–Crippen LogP) is 0.845. The quantitative estimate of drug-likeness (QED) is 0.727. The van der Waals surface area contributed by atoms with Gasteiger partial charge in [-0.3, -0.25) is 4.79 Å². The molecule has 80 valence electrons. The lowest BCUT2D eigenvalue weighted by molar-refractivity contribution is -0.120. The SMILES string of the molecule is CNC(=O)CCNCc1cc(C#N)cs1. The van der Waals surface area contributed by atoms with Gasteiger partial charge in [-0.25, -0.2) is 0 Å². The van der Waals surface area contributed by atoms with Crippen LogP contribution in [0.3, 0.4) is 0 Å². The van der Waals surface area contributed by atoms with Crippen LogP contribution in [0.2, 0.25) is 0 Å². The Bertz CT molecular complexity index is 367. The fourth-order valence-corrected chi connectivity index (χ4v) is 1.85. The van der Waals surface area contributed by atoms with Crippen molar-refractivity contribution >= 4 is 17.2 Å². The van der Waals surface area contributed by atoms with Gasteiger partial charge in [-0.2, -0.15) is 5.26 Å². The Hall–Kier alpha value is -1.38. The van der Waals surface area contributed by atoms with Gasteiger partial charge in [0.15, 0.2) is 0 Å². The topological polar surface area (TPSA) is 64.9 Å². The Kier molecular flexibility index (Phi) is 4.81. The highest BCUT2D eigenvalue weighted by Gasteiger charge is 2.00. The number of thiophene rings is 1. The van der Waals surface area contributed by atoms with Gasteiger partial charge in [-0.1, -0.05) is 0 Å². The first-order valence-corrected chi connectivity index (χ1v) is 5.53. The number of nitrogens with one attached hydrogen (secondary N) is 2. The van der Waals surface area contributed by atoms with E-state index in [1.54, 1.807) is 18.4 Å². The lowest BCUT2D eigenvalue weighted by Crippen LogP contribution is -2.24. The molecule has 0 spiro atoms. The summed E-state index contributed by atoms with van der Waals surface area (Å²) in [5.41, 5.74) is 0.697. The highest BCUT2D eigenvalue weighted by atomic mass is 32.1. The van der Waals surface area contributed by atoms with Crippen LogP contribution in [0.25, 0.3) is 0 Å². The zero-order valence-corrected chi connectivity index (χ0v) is 9.36. The van der Waals surface area contributed by atoms with E-state index in [4.69, 9.17) is 5.26 Å². The molecule has 0 saturated heterocycles. The van der Waals surface area contributed by atoms with E-state index in [2.05, 4.69) is 16.7 Å². The van der Waals surface area contributed by atoms with Crippen molar-refractivity contribution < 1.29 is 4.79 Å². The van der Waals surface area contributed by atoms with Crippen molar-refractivity contribution in [3.63, 3.8) is 0 Å². The van der Waals surface area contributed by atoms with Gasteiger partial charge in [-0.05, 0) is 6.07 Å². The fourth-order valence-electron chi connectivity index (χ4n) is 1.07. The maximum Gasteiger partial charge on any atom is 0.221 e. The minimum absolute atomic E-state index is 0.0337. The molecule has 1 rings (SSSR count). The number of carbonyl (C=O) groups excluding carboxylic acids is 1. The van der Waals surface area contributed by atoms with E-state index in [1.807, 2.05) is 11.4 Å². The second-order valence-electron chi connectivity index (χ2n) is 3.01. The van der Waals surface area contributed by atoms with Gasteiger partial charge in [0.1, 0.15) is 6.07 Å². The molecule has 1 aromatic heterocycles. The molecule has 0 aliphatic carbocycles. The maximum absolute atomic E-state index is 10.9. The van der Waals surface area contributed by atoms with Gasteiger partial charge in [0.2, 0.25) is 5.91 Å². The van der Waals surface area contributed by atoms with Crippen LogP contribution in [-0.2, 0) is 11.3 Å². The average Bonchev–Trinajstić information content (AvgIpc) is 2.72. The third kappa shape index (κ3) is 4.11. The highest BCUT2D eigenvalue weighted by molar-refractivity contribution is 7.10. The second-order valence-corrected chi connectivity index (χ2v) is 4.01. The molecule has 0 aliphatic rings. The Morgan fingerprint density at radius 3 is 3.07 bits per heavy atom. The third-order valence-corrected chi connectivity index (χ3v) is 2.83. The Balaban J connectivity index is 2.21. The molecule has 0 saturated carbocycles. The summed E-state index contributed by atoms with van der Waals surface area (Å²) in [5.74, 6) is 0.0337. The number of rotatable bonds is 5. The van der Waals surface area contributed by atoms with E-state index >= 15 is 0 Å². The number of hydrogen-bond acceptors (Lipinski definition) is 4. The van der Waals surface area contributed by atoms with Crippen molar-refractivity contribution in [1.82, 2.24) is 10.6 Å². The normalized spacial score (nSPS) is 9.60. The van der Waals surface area contributed by atoms with Crippen LogP contribution in [0.4, 0.5) is 0 Å². The van der Waals surface area contributed by atoms with Crippen LogP contribution in [0.5, 0.6) is 0 Å². The zero-order chi connectivity index (χ0) is 11.1. The van der Waals surface area contributed by atoms with Crippen molar-refractivity contribution in [3.05, 3.63) is 21.9 Å². The molecule has 5 heteroatoms. The van der Waals surface area contributed by atoms with Gasteiger partial charge < -0.3 is 10.6 Å². The summed E-state index contributed by atoms with van der Waals surface area (Å²) < 4.78 is 0. The number of carbonyl (C=O) groups is 1. The van der Waals surface area contributed by atoms with Crippen LogP contribution in [0.15, 0.2) is 11.4 Å². The Labute approximate surface area is 92.9 Å². The fraction of sp³-hybridized carbons (Fsp3) is 0.400. The van der Waals surface area contributed by atoms with E-state index in [-0.39, 0.29) is 5.91 Å². The molecule has 0 bridgehead atoms. The average molecular weight is 223 g/mol. The summed E-state index contributed by atoms with van der Waals surface area (Å²) in [5, 5.41) is 16.1.